The number of piperidine rings is 1. The summed E-state index contributed by atoms with van der Waals surface area (Å²) in [6.07, 6.45) is 1.66. The van der Waals surface area contributed by atoms with E-state index in [-0.39, 0.29) is 18.1 Å². The van der Waals surface area contributed by atoms with Crippen molar-refractivity contribution < 1.29 is 34.2 Å². The van der Waals surface area contributed by atoms with Crippen LogP contribution in [0.5, 0.6) is 0 Å². The molecule has 0 saturated carbocycles. The van der Waals surface area contributed by atoms with Gasteiger partial charge in [-0.1, -0.05) is 30.3 Å². The summed E-state index contributed by atoms with van der Waals surface area (Å²) in [6, 6.07) is 10.1. The molecule has 0 unspecified atom stereocenters. The van der Waals surface area contributed by atoms with E-state index in [9.17, 15) is 4.79 Å². The van der Waals surface area contributed by atoms with Crippen LogP contribution in [-0.2, 0) is 30.6 Å². The topological polar surface area (TPSA) is 134 Å². The maximum Gasteiger partial charge on any atom is 0.414 e. The number of rotatable bonds is 6. The van der Waals surface area contributed by atoms with Crippen molar-refractivity contribution in [2.75, 3.05) is 13.2 Å². The smallest absolute Gasteiger partial charge is 0.414 e. The Balaban J connectivity index is 0.000000487. The maximum absolute atomic E-state index is 11.6. The molecule has 1 saturated heterocycles. The largest absolute Gasteiger partial charge is 0.473 e. The molecule has 1 heterocycles. The van der Waals surface area contributed by atoms with Crippen LogP contribution in [-0.4, -0.2) is 53.4 Å². The highest BCUT2D eigenvalue weighted by atomic mass is 16.6. The number of benzene rings is 1. The molecule has 0 radical (unpaired) electrons. The fourth-order valence-corrected chi connectivity index (χ4v) is 2.22. The molecule has 2 rings (SSSR count). The highest BCUT2D eigenvalue weighted by Gasteiger charge is 2.26. The second-order valence-corrected chi connectivity index (χ2v) is 5.49. The van der Waals surface area contributed by atoms with Crippen molar-refractivity contribution in [3.05, 3.63) is 35.9 Å². The van der Waals surface area contributed by atoms with Gasteiger partial charge in [0.05, 0.1) is 13.2 Å². The third-order valence-electron chi connectivity index (χ3n) is 3.50. The molecule has 9 nitrogen and oxygen atoms in total. The summed E-state index contributed by atoms with van der Waals surface area (Å²) in [7, 11) is 0. The van der Waals surface area contributed by atoms with Gasteiger partial charge in [0, 0.05) is 12.6 Å². The first kappa shape index (κ1) is 21.6. The number of esters is 1. The van der Waals surface area contributed by atoms with Crippen LogP contribution in [0.15, 0.2) is 30.3 Å². The molecule has 0 aromatic heterocycles. The molecule has 26 heavy (non-hydrogen) atoms. The van der Waals surface area contributed by atoms with Crippen molar-refractivity contribution in [3.63, 3.8) is 0 Å². The van der Waals surface area contributed by atoms with Crippen molar-refractivity contribution in [2.24, 2.45) is 0 Å². The SMILES string of the molecule is CCOC(=O)[C@H]1CC[C@@H](NOCc2ccccc2)CN1.O=C(O)C(=O)O. The van der Waals surface area contributed by atoms with Crippen LogP contribution in [0.1, 0.15) is 25.3 Å². The van der Waals surface area contributed by atoms with E-state index >= 15 is 0 Å². The summed E-state index contributed by atoms with van der Waals surface area (Å²) >= 11 is 0. The number of carbonyl (C=O) groups is 3. The third-order valence-corrected chi connectivity index (χ3v) is 3.50. The molecule has 1 aliphatic rings. The van der Waals surface area contributed by atoms with Crippen molar-refractivity contribution in [1.29, 1.82) is 0 Å². The third kappa shape index (κ3) is 8.56. The van der Waals surface area contributed by atoms with Crippen LogP contribution in [0.25, 0.3) is 0 Å². The lowest BCUT2D eigenvalue weighted by Gasteiger charge is -2.28. The van der Waals surface area contributed by atoms with Crippen LogP contribution in [0.3, 0.4) is 0 Å². The zero-order valence-corrected chi connectivity index (χ0v) is 14.5. The Morgan fingerprint density at radius 1 is 1.15 bits per heavy atom. The quantitative estimate of drug-likeness (QED) is 0.322. The van der Waals surface area contributed by atoms with Gasteiger partial charge in [-0.2, -0.15) is 5.48 Å². The van der Waals surface area contributed by atoms with Crippen LogP contribution in [0, 0.1) is 0 Å². The van der Waals surface area contributed by atoms with Crippen LogP contribution in [0.4, 0.5) is 0 Å². The van der Waals surface area contributed by atoms with Gasteiger partial charge in [-0.25, -0.2) is 9.59 Å². The Hall–Kier alpha value is -2.49. The Labute approximate surface area is 151 Å². The first-order chi connectivity index (χ1) is 12.4. The lowest BCUT2D eigenvalue weighted by atomic mass is 10.0. The Morgan fingerprint density at radius 2 is 1.81 bits per heavy atom. The molecule has 9 heteroatoms. The minimum absolute atomic E-state index is 0.156. The molecule has 0 spiro atoms. The highest BCUT2D eigenvalue weighted by Crippen LogP contribution is 2.10. The molecular weight excluding hydrogens is 344 g/mol. The molecule has 0 aliphatic carbocycles. The van der Waals surface area contributed by atoms with E-state index in [1.165, 1.54) is 0 Å². The lowest BCUT2D eigenvalue weighted by Crippen LogP contribution is -2.51. The van der Waals surface area contributed by atoms with Gasteiger partial charge in [-0.3, -0.25) is 9.63 Å². The van der Waals surface area contributed by atoms with Gasteiger partial charge in [0.25, 0.3) is 0 Å². The number of hydrogen-bond acceptors (Lipinski definition) is 7. The lowest BCUT2D eigenvalue weighted by molar-refractivity contribution is -0.159. The average molecular weight is 368 g/mol. The van der Waals surface area contributed by atoms with Gasteiger partial charge in [0.1, 0.15) is 6.04 Å². The Morgan fingerprint density at radius 3 is 2.31 bits per heavy atom. The molecular formula is C17H24N2O7. The van der Waals surface area contributed by atoms with Crippen LogP contribution in [0.2, 0.25) is 0 Å². The number of carbonyl (C=O) groups excluding carboxylic acids is 1. The fraction of sp³-hybridized carbons (Fsp3) is 0.471. The summed E-state index contributed by atoms with van der Waals surface area (Å²) in [4.78, 5) is 35.3. The van der Waals surface area contributed by atoms with Gasteiger partial charge in [-0.05, 0) is 25.3 Å². The van der Waals surface area contributed by atoms with E-state index in [0.717, 1.165) is 18.4 Å². The molecule has 4 N–H and O–H groups in total. The predicted molar refractivity (Wildman–Crippen MR) is 91.1 cm³/mol. The van der Waals surface area contributed by atoms with E-state index in [1.54, 1.807) is 0 Å². The van der Waals surface area contributed by atoms with Crippen molar-refractivity contribution >= 4 is 17.9 Å². The standard InChI is InChI=1S/C15H22N2O3.C2H2O4/c1-2-19-15(18)14-9-8-13(10-16-14)17-20-11-12-6-4-3-5-7-12;3-1(4)2(5)6/h3-7,13-14,16-17H,2,8-11H2,1H3;(H,3,4)(H,5,6)/t13-,14-;/m1./s1. The van der Waals surface area contributed by atoms with Gasteiger partial charge in [-0.15, -0.1) is 0 Å². The monoisotopic (exact) mass is 368 g/mol. The highest BCUT2D eigenvalue weighted by molar-refractivity contribution is 6.27. The summed E-state index contributed by atoms with van der Waals surface area (Å²) in [5, 5.41) is 18.0. The first-order valence-corrected chi connectivity index (χ1v) is 8.21. The number of aliphatic carboxylic acids is 2. The number of ether oxygens (including phenoxy) is 1. The molecule has 1 aromatic carbocycles. The van der Waals surface area contributed by atoms with Gasteiger partial charge in [0.15, 0.2) is 0 Å². The minimum atomic E-state index is -1.82. The van der Waals surface area contributed by atoms with E-state index in [1.807, 2.05) is 37.3 Å². The van der Waals surface area contributed by atoms with E-state index in [4.69, 9.17) is 29.4 Å². The number of nitrogens with one attached hydrogen (secondary N) is 2. The molecule has 0 bridgehead atoms. The van der Waals surface area contributed by atoms with E-state index < -0.39 is 11.9 Å². The van der Waals surface area contributed by atoms with Crippen molar-refractivity contribution in [2.45, 2.75) is 38.5 Å². The van der Waals surface area contributed by atoms with Crippen molar-refractivity contribution in [1.82, 2.24) is 10.8 Å². The zero-order valence-electron chi connectivity index (χ0n) is 14.5. The van der Waals surface area contributed by atoms with E-state index in [0.29, 0.717) is 19.8 Å². The fourth-order valence-electron chi connectivity index (χ4n) is 2.22. The normalized spacial score (nSPS) is 19.0. The number of carboxylic acid groups (broad SMARTS) is 2. The van der Waals surface area contributed by atoms with Gasteiger partial charge < -0.3 is 20.3 Å². The summed E-state index contributed by atoms with van der Waals surface area (Å²) < 4.78 is 5.00. The van der Waals surface area contributed by atoms with E-state index in [2.05, 4.69) is 10.8 Å². The van der Waals surface area contributed by atoms with Crippen molar-refractivity contribution in [3.8, 4) is 0 Å². The average Bonchev–Trinajstić information content (AvgIpc) is 2.64. The maximum atomic E-state index is 11.6. The molecule has 0 amide bonds. The Bertz CT molecular complexity index is 560. The molecule has 2 atom stereocenters. The number of hydroxylamine groups is 1. The van der Waals surface area contributed by atoms with Gasteiger partial charge in [0.2, 0.25) is 0 Å². The molecule has 1 fully saturated rings. The second kappa shape index (κ2) is 12.0. The van der Waals surface area contributed by atoms with Crippen LogP contribution >= 0.6 is 0 Å². The predicted octanol–water partition coefficient (Wildman–Crippen LogP) is 0.547. The number of carboxylic acids is 2. The summed E-state index contributed by atoms with van der Waals surface area (Å²) in [6.45, 7) is 3.50. The minimum Gasteiger partial charge on any atom is -0.473 e. The van der Waals surface area contributed by atoms with Crippen LogP contribution < -0.4 is 10.8 Å². The molecule has 1 aromatic rings. The second-order valence-electron chi connectivity index (χ2n) is 5.49. The van der Waals surface area contributed by atoms with Gasteiger partial charge >= 0.3 is 17.9 Å². The molecule has 1 aliphatic heterocycles. The first-order valence-electron chi connectivity index (χ1n) is 8.21. The molecule has 144 valence electrons. The summed E-state index contributed by atoms with van der Waals surface area (Å²) in [5.41, 5.74) is 4.18. The zero-order chi connectivity index (χ0) is 19.4. The summed E-state index contributed by atoms with van der Waals surface area (Å²) in [5.74, 6) is -3.80. The Kier molecular flexibility index (Phi) is 9.91. The number of hydrogen-bond donors (Lipinski definition) is 4.